The molecule has 3 aliphatic heterocycles. The molecule has 0 spiro atoms. The molecular weight excluding hydrogens is 310 g/mol. The zero-order valence-corrected chi connectivity index (χ0v) is 14.8. The van der Waals surface area contributed by atoms with E-state index in [1.54, 1.807) is 6.33 Å². The largest absolute Gasteiger partial charge is 0.372 e. The lowest BCUT2D eigenvalue weighted by molar-refractivity contribution is 0.680. The van der Waals surface area contributed by atoms with Gasteiger partial charge in [-0.2, -0.15) is 0 Å². The third-order valence-electron chi connectivity index (χ3n) is 5.77. The highest BCUT2D eigenvalue weighted by atomic mass is 15.3. The first-order chi connectivity index (χ1) is 12.4. The van der Waals surface area contributed by atoms with Gasteiger partial charge in [0.05, 0.1) is 11.7 Å². The number of nitrogens with one attached hydrogen (secondary N) is 1. The predicted octanol–water partition coefficient (Wildman–Crippen LogP) is 4.04. The van der Waals surface area contributed by atoms with Crippen molar-refractivity contribution in [2.45, 2.75) is 45.1 Å². The van der Waals surface area contributed by atoms with Crippen molar-refractivity contribution in [2.75, 3.05) is 34.8 Å². The molecule has 5 rings (SSSR count). The van der Waals surface area contributed by atoms with Crippen molar-refractivity contribution in [3.8, 4) is 0 Å². The standard InChI is InChI=1S/C20H25N5/c1-2-6-16-15-8-5-7-14-9-12-25(18(14)15)20-17(23-16)19(21-13-22-20)24-10-3-4-11-24/h5,7-8,13,16,23H,2-4,6,9-12H2,1H3. The zero-order chi connectivity index (χ0) is 16.8. The van der Waals surface area contributed by atoms with Gasteiger partial charge >= 0.3 is 0 Å². The van der Waals surface area contributed by atoms with Crippen LogP contribution in [0.25, 0.3) is 0 Å². The first-order valence-corrected chi connectivity index (χ1v) is 9.62. The Hall–Kier alpha value is -2.30. The third kappa shape index (κ3) is 2.29. The van der Waals surface area contributed by atoms with E-state index in [9.17, 15) is 0 Å². The monoisotopic (exact) mass is 335 g/mol. The fourth-order valence-corrected chi connectivity index (χ4v) is 4.62. The van der Waals surface area contributed by atoms with Crippen LogP contribution in [0.5, 0.6) is 0 Å². The highest BCUT2D eigenvalue weighted by Crippen LogP contribution is 2.48. The number of nitrogens with zero attached hydrogens (tertiary/aromatic N) is 4. The second kappa shape index (κ2) is 5.90. The van der Waals surface area contributed by atoms with Crippen LogP contribution < -0.4 is 15.1 Å². The molecule has 0 saturated carbocycles. The van der Waals surface area contributed by atoms with E-state index < -0.39 is 0 Å². The minimum absolute atomic E-state index is 0.328. The van der Waals surface area contributed by atoms with Crippen molar-refractivity contribution >= 4 is 23.0 Å². The summed E-state index contributed by atoms with van der Waals surface area (Å²) in [5.41, 5.74) is 5.39. The van der Waals surface area contributed by atoms with Crippen LogP contribution >= 0.6 is 0 Å². The van der Waals surface area contributed by atoms with E-state index in [0.29, 0.717) is 6.04 Å². The number of fused-ring (bicyclic) bond motifs is 2. The first-order valence-electron chi connectivity index (χ1n) is 9.62. The van der Waals surface area contributed by atoms with Crippen LogP contribution in [0, 0.1) is 0 Å². The molecule has 1 aromatic heterocycles. The van der Waals surface area contributed by atoms with Crippen LogP contribution in [0.2, 0.25) is 0 Å². The van der Waals surface area contributed by atoms with Gasteiger partial charge in [0.15, 0.2) is 11.6 Å². The number of para-hydroxylation sites is 1. The molecule has 4 heterocycles. The lowest BCUT2D eigenvalue weighted by atomic mass is 9.98. The van der Waals surface area contributed by atoms with Crippen molar-refractivity contribution < 1.29 is 0 Å². The van der Waals surface area contributed by atoms with Crippen LogP contribution in [-0.4, -0.2) is 29.6 Å². The van der Waals surface area contributed by atoms with Gasteiger partial charge in [-0.1, -0.05) is 31.5 Å². The molecule has 5 heteroatoms. The number of benzene rings is 1. The molecule has 1 saturated heterocycles. The third-order valence-corrected chi connectivity index (χ3v) is 5.77. The minimum atomic E-state index is 0.328. The fourth-order valence-electron chi connectivity index (χ4n) is 4.62. The van der Waals surface area contributed by atoms with Gasteiger partial charge in [0, 0.05) is 19.6 Å². The summed E-state index contributed by atoms with van der Waals surface area (Å²) in [4.78, 5) is 14.2. The summed E-state index contributed by atoms with van der Waals surface area (Å²) >= 11 is 0. The smallest absolute Gasteiger partial charge is 0.162 e. The summed E-state index contributed by atoms with van der Waals surface area (Å²) in [6.07, 6.45) is 7.64. The van der Waals surface area contributed by atoms with E-state index >= 15 is 0 Å². The molecule has 0 aliphatic carbocycles. The van der Waals surface area contributed by atoms with Crippen molar-refractivity contribution in [3.05, 3.63) is 35.7 Å². The van der Waals surface area contributed by atoms with Gasteiger partial charge < -0.3 is 15.1 Å². The molecule has 1 atom stereocenters. The van der Waals surface area contributed by atoms with E-state index in [4.69, 9.17) is 4.98 Å². The van der Waals surface area contributed by atoms with Gasteiger partial charge in [0.2, 0.25) is 0 Å². The molecule has 25 heavy (non-hydrogen) atoms. The van der Waals surface area contributed by atoms with E-state index in [1.807, 2.05) is 0 Å². The topological polar surface area (TPSA) is 44.3 Å². The first kappa shape index (κ1) is 15.0. The van der Waals surface area contributed by atoms with Gasteiger partial charge in [-0.05, 0) is 36.8 Å². The van der Waals surface area contributed by atoms with Crippen molar-refractivity contribution in [1.82, 2.24) is 9.97 Å². The Morgan fingerprint density at radius 3 is 2.80 bits per heavy atom. The van der Waals surface area contributed by atoms with Crippen LogP contribution in [0.3, 0.4) is 0 Å². The van der Waals surface area contributed by atoms with Crippen molar-refractivity contribution in [3.63, 3.8) is 0 Å². The maximum absolute atomic E-state index is 4.72. The van der Waals surface area contributed by atoms with Gasteiger partial charge in [-0.3, -0.25) is 0 Å². The average Bonchev–Trinajstić information content (AvgIpc) is 3.28. The SMILES string of the molecule is CCCC1Nc2c(N3CCCC3)ncnc2N2CCc3cccc1c32. The lowest BCUT2D eigenvalue weighted by Gasteiger charge is -2.25. The number of rotatable bonds is 3. The number of aromatic nitrogens is 2. The quantitative estimate of drug-likeness (QED) is 0.917. The van der Waals surface area contributed by atoms with E-state index in [2.05, 4.69) is 45.2 Å². The van der Waals surface area contributed by atoms with E-state index in [1.165, 1.54) is 29.7 Å². The Balaban J connectivity index is 1.69. The molecule has 2 aromatic rings. The van der Waals surface area contributed by atoms with Crippen LogP contribution in [0.15, 0.2) is 24.5 Å². The normalized spacial score (nSPS) is 20.9. The van der Waals surface area contributed by atoms with Crippen LogP contribution in [-0.2, 0) is 6.42 Å². The molecule has 5 nitrogen and oxygen atoms in total. The summed E-state index contributed by atoms with van der Waals surface area (Å²) in [7, 11) is 0. The Morgan fingerprint density at radius 2 is 1.96 bits per heavy atom. The molecular formula is C20H25N5. The summed E-state index contributed by atoms with van der Waals surface area (Å²) in [5, 5.41) is 3.85. The average molecular weight is 335 g/mol. The number of hydrogen-bond donors (Lipinski definition) is 1. The summed E-state index contributed by atoms with van der Waals surface area (Å²) in [5.74, 6) is 2.14. The van der Waals surface area contributed by atoms with Crippen LogP contribution in [0.1, 0.15) is 49.8 Å². The van der Waals surface area contributed by atoms with Gasteiger partial charge in [-0.15, -0.1) is 0 Å². The minimum Gasteiger partial charge on any atom is -0.372 e. The Labute approximate surface area is 149 Å². The van der Waals surface area contributed by atoms with Crippen molar-refractivity contribution in [2.24, 2.45) is 0 Å². The molecule has 130 valence electrons. The number of hydrogen-bond acceptors (Lipinski definition) is 5. The highest BCUT2D eigenvalue weighted by molar-refractivity contribution is 5.87. The highest BCUT2D eigenvalue weighted by Gasteiger charge is 2.34. The Bertz CT molecular complexity index is 797. The second-order valence-electron chi connectivity index (χ2n) is 7.33. The molecule has 0 radical (unpaired) electrons. The predicted molar refractivity (Wildman–Crippen MR) is 102 cm³/mol. The lowest BCUT2D eigenvalue weighted by Crippen LogP contribution is -2.23. The Morgan fingerprint density at radius 1 is 1.12 bits per heavy atom. The maximum atomic E-state index is 4.72. The molecule has 1 unspecified atom stereocenters. The number of anilines is 4. The summed E-state index contributed by atoms with van der Waals surface area (Å²) in [6, 6.07) is 7.11. The molecule has 1 N–H and O–H groups in total. The van der Waals surface area contributed by atoms with Gasteiger partial charge in [0.25, 0.3) is 0 Å². The molecule has 0 bridgehead atoms. The fraction of sp³-hybridized carbons (Fsp3) is 0.500. The van der Waals surface area contributed by atoms with E-state index in [0.717, 1.165) is 56.2 Å². The molecule has 3 aliphatic rings. The van der Waals surface area contributed by atoms with Gasteiger partial charge in [-0.25, -0.2) is 9.97 Å². The maximum Gasteiger partial charge on any atom is 0.162 e. The molecule has 1 fully saturated rings. The molecule has 1 aromatic carbocycles. The second-order valence-corrected chi connectivity index (χ2v) is 7.33. The van der Waals surface area contributed by atoms with Crippen LogP contribution in [0.4, 0.5) is 23.0 Å². The zero-order valence-electron chi connectivity index (χ0n) is 14.8. The van der Waals surface area contributed by atoms with Crippen molar-refractivity contribution in [1.29, 1.82) is 0 Å². The summed E-state index contributed by atoms with van der Waals surface area (Å²) < 4.78 is 0. The summed E-state index contributed by atoms with van der Waals surface area (Å²) in [6.45, 7) is 5.47. The Kier molecular flexibility index (Phi) is 3.54. The molecule has 0 amide bonds. The van der Waals surface area contributed by atoms with E-state index in [-0.39, 0.29) is 0 Å². The van der Waals surface area contributed by atoms with Gasteiger partial charge in [0.1, 0.15) is 12.0 Å².